The van der Waals surface area contributed by atoms with E-state index >= 15 is 0 Å². The molecule has 7 heteroatoms. The van der Waals surface area contributed by atoms with E-state index in [1.54, 1.807) is 23.2 Å². The van der Waals surface area contributed by atoms with E-state index in [9.17, 15) is 9.59 Å². The topological polar surface area (TPSA) is 72.9 Å². The minimum absolute atomic E-state index is 0.0824. The van der Waals surface area contributed by atoms with E-state index in [2.05, 4.69) is 5.32 Å². The van der Waals surface area contributed by atoms with Crippen molar-refractivity contribution >= 4 is 23.3 Å². The number of nitrogens with zero attached hydrogens (tertiary/aromatic N) is 2. The number of hydrogen-bond donors (Lipinski definition) is 2. The second kappa shape index (κ2) is 6.71. The van der Waals surface area contributed by atoms with Crippen LogP contribution in [0.3, 0.4) is 0 Å². The second-order valence-electron chi connectivity index (χ2n) is 4.78. The van der Waals surface area contributed by atoms with Gasteiger partial charge in [-0.15, -0.1) is 11.3 Å². The molecule has 2 heterocycles. The normalized spacial score (nSPS) is 17.8. The fraction of sp³-hybridized carbons (Fsp3) is 0.538. The Labute approximate surface area is 122 Å². The first kappa shape index (κ1) is 14.8. The maximum Gasteiger partial charge on any atom is 0.320 e. The van der Waals surface area contributed by atoms with Crippen LogP contribution >= 0.6 is 11.3 Å². The van der Waals surface area contributed by atoms with Gasteiger partial charge < -0.3 is 15.3 Å². The third kappa shape index (κ3) is 3.71. The van der Waals surface area contributed by atoms with Crippen LogP contribution in [0.15, 0.2) is 17.5 Å². The summed E-state index contributed by atoms with van der Waals surface area (Å²) >= 11 is 1.61. The Morgan fingerprint density at radius 1 is 1.40 bits per heavy atom. The Balaban J connectivity index is 1.75. The maximum absolute atomic E-state index is 12.0. The monoisotopic (exact) mass is 297 g/mol. The lowest BCUT2D eigenvalue weighted by Gasteiger charge is -2.36. The largest absolute Gasteiger partial charge is 0.480 e. The van der Waals surface area contributed by atoms with Gasteiger partial charge in [0.2, 0.25) is 0 Å². The zero-order valence-corrected chi connectivity index (χ0v) is 12.2. The van der Waals surface area contributed by atoms with Crippen molar-refractivity contribution in [3.8, 4) is 0 Å². The standard InChI is InChI=1S/C13H19N3O3S/c1-10(12(17)18)15-4-6-16(7-5-15)13(19)14-9-11-3-2-8-20-11/h2-3,8,10H,4-7,9H2,1H3,(H,14,19)(H,17,18). The lowest BCUT2D eigenvalue weighted by Crippen LogP contribution is -2.54. The average molecular weight is 297 g/mol. The number of urea groups is 1. The number of hydrogen-bond acceptors (Lipinski definition) is 4. The maximum atomic E-state index is 12.0. The summed E-state index contributed by atoms with van der Waals surface area (Å²) in [6.07, 6.45) is 0. The minimum Gasteiger partial charge on any atom is -0.480 e. The molecule has 0 aliphatic carbocycles. The summed E-state index contributed by atoms with van der Waals surface area (Å²) in [6, 6.07) is 3.36. The van der Waals surface area contributed by atoms with Crippen LogP contribution in [0.1, 0.15) is 11.8 Å². The highest BCUT2D eigenvalue weighted by Gasteiger charge is 2.26. The molecule has 1 atom stereocenters. The lowest BCUT2D eigenvalue weighted by molar-refractivity contribution is -0.143. The molecule has 1 aromatic rings. The highest BCUT2D eigenvalue weighted by atomic mass is 32.1. The zero-order valence-electron chi connectivity index (χ0n) is 11.4. The molecule has 110 valence electrons. The van der Waals surface area contributed by atoms with Gasteiger partial charge in [0.15, 0.2) is 0 Å². The Bertz CT molecular complexity index is 455. The van der Waals surface area contributed by atoms with Crippen LogP contribution in [-0.2, 0) is 11.3 Å². The van der Waals surface area contributed by atoms with E-state index in [1.165, 1.54) is 0 Å². The molecule has 1 aliphatic heterocycles. The molecule has 1 saturated heterocycles. The molecule has 2 amide bonds. The minimum atomic E-state index is -0.819. The molecule has 0 saturated carbocycles. The van der Waals surface area contributed by atoms with Gasteiger partial charge in [-0.05, 0) is 18.4 Å². The molecule has 0 bridgehead atoms. The van der Waals surface area contributed by atoms with Gasteiger partial charge in [0.05, 0.1) is 6.54 Å². The van der Waals surface area contributed by atoms with E-state index in [0.29, 0.717) is 32.7 Å². The fourth-order valence-corrected chi connectivity index (χ4v) is 2.80. The third-order valence-corrected chi connectivity index (χ3v) is 4.38. The van der Waals surface area contributed by atoms with Gasteiger partial charge in [0.1, 0.15) is 6.04 Å². The van der Waals surface area contributed by atoms with Crippen molar-refractivity contribution in [1.29, 1.82) is 0 Å². The summed E-state index contributed by atoms with van der Waals surface area (Å²) < 4.78 is 0. The predicted octanol–water partition coefficient (Wildman–Crippen LogP) is 1.05. The smallest absolute Gasteiger partial charge is 0.320 e. The van der Waals surface area contributed by atoms with E-state index in [4.69, 9.17) is 5.11 Å². The molecule has 1 fully saturated rings. The average Bonchev–Trinajstić information content (AvgIpc) is 2.97. The van der Waals surface area contributed by atoms with E-state index in [0.717, 1.165) is 4.88 Å². The Morgan fingerprint density at radius 3 is 2.65 bits per heavy atom. The molecule has 2 N–H and O–H groups in total. The SMILES string of the molecule is CC(C(=O)O)N1CCN(C(=O)NCc2cccs2)CC1. The first-order chi connectivity index (χ1) is 9.58. The van der Waals surface area contributed by atoms with Gasteiger partial charge in [-0.25, -0.2) is 4.79 Å². The first-order valence-electron chi connectivity index (χ1n) is 6.60. The molecule has 0 radical (unpaired) electrons. The number of piperazine rings is 1. The second-order valence-corrected chi connectivity index (χ2v) is 5.81. The number of amides is 2. The van der Waals surface area contributed by atoms with Gasteiger partial charge in [-0.3, -0.25) is 9.69 Å². The molecule has 0 spiro atoms. The number of carbonyl (C=O) groups excluding carboxylic acids is 1. The van der Waals surface area contributed by atoms with Crippen LogP contribution in [0, 0.1) is 0 Å². The van der Waals surface area contributed by atoms with Crippen LogP contribution in [-0.4, -0.2) is 59.1 Å². The van der Waals surface area contributed by atoms with Crippen LogP contribution in [0.2, 0.25) is 0 Å². The number of carboxylic acid groups (broad SMARTS) is 1. The van der Waals surface area contributed by atoms with E-state index in [-0.39, 0.29) is 6.03 Å². The van der Waals surface area contributed by atoms with Crippen molar-refractivity contribution in [2.45, 2.75) is 19.5 Å². The van der Waals surface area contributed by atoms with Crippen molar-refractivity contribution in [2.24, 2.45) is 0 Å². The van der Waals surface area contributed by atoms with Crippen LogP contribution in [0.5, 0.6) is 0 Å². The van der Waals surface area contributed by atoms with Crippen molar-refractivity contribution in [2.75, 3.05) is 26.2 Å². The molecular formula is C13H19N3O3S. The zero-order chi connectivity index (χ0) is 14.5. The van der Waals surface area contributed by atoms with Crippen LogP contribution in [0.25, 0.3) is 0 Å². The summed E-state index contributed by atoms with van der Waals surface area (Å²) in [5.74, 6) is -0.819. The molecule has 0 aromatic carbocycles. The predicted molar refractivity (Wildman–Crippen MR) is 76.8 cm³/mol. The van der Waals surface area contributed by atoms with Gasteiger partial charge in [-0.2, -0.15) is 0 Å². The number of rotatable bonds is 4. The van der Waals surface area contributed by atoms with Crippen molar-refractivity contribution in [3.63, 3.8) is 0 Å². The van der Waals surface area contributed by atoms with Gasteiger partial charge >= 0.3 is 12.0 Å². The van der Waals surface area contributed by atoms with Gasteiger partial charge in [-0.1, -0.05) is 6.07 Å². The first-order valence-corrected chi connectivity index (χ1v) is 7.48. The van der Waals surface area contributed by atoms with Crippen molar-refractivity contribution in [1.82, 2.24) is 15.1 Å². The summed E-state index contributed by atoms with van der Waals surface area (Å²) in [5.41, 5.74) is 0. The van der Waals surface area contributed by atoms with Crippen molar-refractivity contribution in [3.05, 3.63) is 22.4 Å². The molecule has 1 aliphatic rings. The lowest BCUT2D eigenvalue weighted by atomic mass is 10.2. The number of aliphatic carboxylic acids is 1. The van der Waals surface area contributed by atoms with E-state index in [1.807, 2.05) is 22.4 Å². The molecular weight excluding hydrogens is 278 g/mol. The molecule has 20 heavy (non-hydrogen) atoms. The van der Waals surface area contributed by atoms with Gasteiger partial charge in [0, 0.05) is 31.1 Å². The van der Waals surface area contributed by atoms with Crippen LogP contribution < -0.4 is 5.32 Å². The van der Waals surface area contributed by atoms with Crippen molar-refractivity contribution < 1.29 is 14.7 Å². The number of thiophene rings is 1. The van der Waals surface area contributed by atoms with Crippen LogP contribution in [0.4, 0.5) is 4.79 Å². The Hall–Kier alpha value is -1.60. The molecule has 1 aromatic heterocycles. The molecule has 2 rings (SSSR count). The number of nitrogens with one attached hydrogen (secondary N) is 1. The summed E-state index contributed by atoms with van der Waals surface area (Å²) in [6.45, 7) is 4.54. The fourth-order valence-electron chi connectivity index (χ4n) is 2.16. The Kier molecular flexibility index (Phi) is 4.97. The summed E-state index contributed by atoms with van der Waals surface area (Å²) in [7, 11) is 0. The van der Waals surface area contributed by atoms with Gasteiger partial charge in [0.25, 0.3) is 0 Å². The highest BCUT2D eigenvalue weighted by Crippen LogP contribution is 2.09. The Morgan fingerprint density at radius 2 is 2.10 bits per heavy atom. The highest BCUT2D eigenvalue weighted by molar-refractivity contribution is 7.09. The quantitative estimate of drug-likeness (QED) is 0.871. The number of carbonyl (C=O) groups is 2. The number of carboxylic acids is 1. The summed E-state index contributed by atoms with van der Waals surface area (Å²) in [5, 5.41) is 13.8. The molecule has 1 unspecified atom stereocenters. The molecule has 6 nitrogen and oxygen atoms in total. The summed E-state index contributed by atoms with van der Waals surface area (Å²) in [4.78, 5) is 27.6. The van der Waals surface area contributed by atoms with E-state index < -0.39 is 12.0 Å². The third-order valence-electron chi connectivity index (χ3n) is 3.50.